The molecule has 4 rings (SSSR count). The van der Waals surface area contributed by atoms with Crippen LogP contribution in [0.3, 0.4) is 0 Å². The SMILES string of the molecule is Cc1cc2n(n1)C[C@@](C)(C(=O)NCc1ccc(Cl)cc1)N(c1ccc(F)cc1)C2=O. The van der Waals surface area contributed by atoms with E-state index in [1.807, 2.05) is 12.1 Å². The number of amides is 2. The van der Waals surface area contributed by atoms with Crippen molar-refractivity contribution in [1.29, 1.82) is 0 Å². The number of rotatable bonds is 4. The van der Waals surface area contributed by atoms with Crippen LogP contribution in [0.4, 0.5) is 10.1 Å². The van der Waals surface area contributed by atoms with Crippen LogP contribution < -0.4 is 10.2 Å². The number of carbonyl (C=O) groups is 2. The van der Waals surface area contributed by atoms with E-state index in [0.717, 1.165) is 5.56 Å². The summed E-state index contributed by atoms with van der Waals surface area (Å²) in [4.78, 5) is 28.1. The maximum absolute atomic E-state index is 13.5. The van der Waals surface area contributed by atoms with E-state index in [-0.39, 0.29) is 24.9 Å². The van der Waals surface area contributed by atoms with Gasteiger partial charge in [0.2, 0.25) is 5.91 Å². The highest BCUT2D eigenvalue weighted by Gasteiger charge is 2.48. The number of nitrogens with zero attached hydrogens (tertiary/aromatic N) is 3. The van der Waals surface area contributed by atoms with Crippen molar-refractivity contribution in [3.63, 3.8) is 0 Å². The predicted octanol–water partition coefficient (Wildman–Crippen LogP) is 3.72. The highest BCUT2D eigenvalue weighted by molar-refractivity contribution is 6.30. The Hall–Kier alpha value is -3.19. The van der Waals surface area contributed by atoms with Gasteiger partial charge in [-0.05, 0) is 61.9 Å². The molecule has 3 aromatic rings. The number of aromatic nitrogens is 2. The van der Waals surface area contributed by atoms with Crippen molar-refractivity contribution < 1.29 is 14.0 Å². The fraction of sp³-hybridized carbons (Fsp3) is 0.227. The maximum Gasteiger partial charge on any atom is 0.277 e. The lowest BCUT2D eigenvalue weighted by molar-refractivity contribution is -0.126. The number of aryl methyl sites for hydroxylation is 1. The Balaban J connectivity index is 1.69. The van der Waals surface area contributed by atoms with Gasteiger partial charge in [0.15, 0.2) is 0 Å². The van der Waals surface area contributed by atoms with Gasteiger partial charge < -0.3 is 5.32 Å². The van der Waals surface area contributed by atoms with Crippen molar-refractivity contribution in [3.05, 3.63) is 82.4 Å². The van der Waals surface area contributed by atoms with Crippen LogP contribution in [-0.2, 0) is 17.9 Å². The van der Waals surface area contributed by atoms with Gasteiger partial charge in [-0.15, -0.1) is 0 Å². The van der Waals surface area contributed by atoms with Gasteiger partial charge in [0, 0.05) is 17.3 Å². The molecule has 0 spiro atoms. The molecule has 154 valence electrons. The molecule has 1 atom stereocenters. The third-order valence-electron chi connectivity index (χ3n) is 5.22. The second kappa shape index (κ2) is 7.57. The zero-order valence-electron chi connectivity index (χ0n) is 16.5. The van der Waals surface area contributed by atoms with E-state index in [1.165, 1.54) is 29.2 Å². The summed E-state index contributed by atoms with van der Waals surface area (Å²) in [6, 6.07) is 14.4. The summed E-state index contributed by atoms with van der Waals surface area (Å²) in [6.45, 7) is 3.93. The summed E-state index contributed by atoms with van der Waals surface area (Å²) >= 11 is 5.91. The quantitative estimate of drug-likeness (QED) is 0.691. The molecule has 0 fully saturated rings. The Morgan fingerprint density at radius 3 is 2.53 bits per heavy atom. The highest BCUT2D eigenvalue weighted by Crippen LogP contribution is 2.33. The first-order valence-corrected chi connectivity index (χ1v) is 9.83. The Kier molecular flexibility index (Phi) is 5.07. The Bertz CT molecular complexity index is 1110. The smallest absolute Gasteiger partial charge is 0.277 e. The lowest BCUT2D eigenvalue weighted by Gasteiger charge is -2.43. The van der Waals surface area contributed by atoms with Crippen LogP contribution >= 0.6 is 11.6 Å². The van der Waals surface area contributed by atoms with Crippen LogP contribution in [0.25, 0.3) is 0 Å². The minimum absolute atomic E-state index is 0.172. The third kappa shape index (κ3) is 3.57. The number of halogens is 2. The number of hydrogen-bond acceptors (Lipinski definition) is 3. The van der Waals surface area contributed by atoms with Gasteiger partial charge in [0.25, 0.3) is 5.91 Å². The first-order chi connectivity index (χ1) is 14.3. The van der Waals surface area contributed by atoms with Crippen LogP contribution in [0.2, 0.25) is 5.02 Å². The van der Waals surface area contributed by atoms with Gasteiger partial charge in [-0.1, -0.05) is 23.7 Å². The molecule has 2 amide bonds. The molecule has 0 unspecified atom stereocenters. The van der Waals surface area contributed by atoms with Crippen LogP contribution in [0.5, 0.6) is 0 Å². The molecule has 2 aromatic carbocycles. The molecular formula is C22H20ClFN4O2. The van der Waals surface area contributed by atoms with Crippen molar-refractivity contribution in [2.45, 2.75) is 32.5 Å². The molecule has 0 radical (unpaired) electrons. The number of carbonyl (C=O) groups excluding carboxylic acids is 2. The van der Waals surface area contributed by atoms with Gasteiger partial charge in [0.1, 0.15) is 17.1 Å². The Morgan fingerprint density at radius 1 is 1.20 bits per heavy atom. The topological polar surface area (TPSA) is 67.2 Å². The molecule has 1 N–H and O–H groups in total. The second-order valence-electron chi connectivity index (χ2n) is 7.53. The van der Waals surface area contributed by atoms with Gasteiger partial charge in [-0.2, -0.15) is 5.10 Å². The number of anilines is 1. The van der Waals surface area contributed by atoms with Crippen molar-refractivity contribution >= 4 is 29.1 Å². The van der Waals surface area contributed by atoms with E-state index in [1.54, 1.807) is 36.7 Å². The summed E-state index contributed by atoms with van der Waals surface area (Å²) in [6.07, 6.45) is 0. The van der Waals surface area contributed by atoms with Gasteiger partial charge in [-0.3, -0.25) is 19.2 Å². The Labute approximate surface area is 178 Å². The van der Waals surface area contributed by atoms with E-state index in [9.17, 15) is 14.0 Å². The molecule has 30 heavy (non-hydrogen) atoms. The van der Waals surface area contributed by atoms with Gasteiger partial charge in [-0.25, -0.2) is 4.39 Å². The standard InChI is InChI=1S/C22H20ClFN4O2/c1-14-11-19-20(29)28(18-9-7-17(24)8-10-18)22(2,13-27(19)26-14)21(30)25-12-15-3-5-16(23)6-4-15/h3-11H,12-13H2,1-2H3,(H,25,30)/t22-/m0/s1. The fourth-order valence-electron chi connectivity index (χ4n) is 3.68. The van der Waals surface area contributed by atoms with Crippen molar-refractivity contribution in [3.8, 4) is 0 Å². The molecule has 1 aliphatic rings. The summed E-state index contributed by atoms with van der Waals surface area (Å²) in [5.74, 6) is -1.12. The molecule has 2 heterocycles. The molecular weight excluding hydrogens is 407 g/mol. The van der Waals surface area contributed by atoms with E-state index in [0.29, 0.717) is 22.1 Å². The molecule has 0 aliphatic carbocycles. The molecule has 0 saturated heterocycles. The van der Waals surface area contributed by atoms with Crippen LogP contribution in [-0.4, -0.2) is 27.1 Å². The van der Waals surface area contributed by atoms with Crippen LogP contribution in [0.1, 0.15) is 28.7 Å². The number of hydrogen-bond donors (Lipinski definition) is 1. The molecule has 8 heteroatoms. The Morgan fingerprint density at radius 2 is 1.87 bits per heavy atom. The first-order valence-electron chi connectivity index (χ1n) is 9.45. The lowest BCUT2D eigenvalue weighted by atomic mass is 9.94. The van der Waals surface area contributed by atoms with E-state index < -0.39 is 11.4 Å². The zero-order valence-corrected chi connectivity index (χ0v) is 17.3. The van der Waals surface area contributed by atoms with E-state index in [4.69, 9.17) is 11.6 Å². The maximum atomic E-state index is 13.5. The molecule has 6 nitrogen and oxygen atoms in total. The first kappa shape index (κ1) is 20.1. The number of nitrogens with one attached hydrogen (secondary N) is 1. The predicted molar refractivity (Wildman–Crippen MR) is 112 cm³/mol. The molecule has 0 bridgehead atoms. The summed E-state index contributed by atoms with van der Waals surface area (Å²) in [7, 11) is 0. The number of fused-ring (bicyclic) bond motifs is 1. The van der Waals surface area contributed by atoms with E-state index >= 15 is 0 Å². The lowest BCUT2D eigenvalue weighted by Crippen LogP contribution is -2.64. The van der Waals surface area contributed by atoms with Crippen molar-refractivity contribution in [2.24, 2.45) is 0 Å². The van der Waals surface area contributed by atoms with Crippen molar-refractivity contribution in [2.75, 3.05) is 4.90 Å². The second-order valence-corrected chi connectivity index (χ2v) is 7.97. The summed E-state index contributed by atoms with van der Waals surface area (Å²) in [5, 5.41) is 7.88. The fourth-order valence-corrected chi connectivity index (χ4v) is 3.81. The summed E-state index contributed by atoms with van der Waals surface area (Å²) < 4.78 is 15.0. The minimum atomic E-state index is -1.26. The normalized spacial score (nSPS) is 18.3. The minimum Gasteiger partial charge on any atom is -0.350 e. The number of benzene rings is 2. The molecule has 0 saturated carbocycles. The summed E-state index contributed by atoms with van der Waals surface area (Å²) in [5.41, 5.74) is 1.13. The van der Waals surface area contributed by atoms with Crippen LogP contribution in [0.15, 0.2) is 54.6 Å². The van der Waals surface area contributed by atoms with Gasteiger partial charge in [0.05, 0.1) is 12.2 Å². The van der Waals surface area contributed by atoms with Crippen molar-refractivity contribution in [1.82, 2.24) is 15.1 Å². The third-order valence-corrected chi connectivity index (χ3v) is 5.47. The monoisotopic (exact) mass is 426 g/mol. The average Bonchev–Trinajstić information content (AvgIpc) is 3.09. The zero-order chi connectivity index (χ0) is 21.5. The largest absolute Gasteiger partial charge is 0.350 e. The van der Waals surface area contributed by atoms with Crippen LogP contribution in [0, 0.1) is 12.7 Å². The van der Waals surface area contributed by atoms with Gasteiger partial charge >= 0.3 is 0 Å². The molecule has 1 aromatic heterocycles. The molecule has 1 aliphatic heterocycles. The van der Waals surface area contributed by atoms with E-state index in [2.05, 4.69) is 10.4 Å². The highest BCUT2D eigenvalue weighted by atomic mass is 35.5. The average molecular weight is 427 g/mol.